The van der Waals surface area contributed by atoms with Crippen molar-refractivity contribution in [2.24, 2.45) is 5.41 Å². The molecule has 2 aromatic carbocycles. The molecule has 3 nitrogen and oxygen atoms in total. The molecule has 1 fully saturated rings. The number of fused-ring (bicyclic) bond motifs is 1. The van der Waals surface area contributed by atoms with Crippen LogP contribution in [0.25, 0.3) is 10.8 Å². The van der Waals surface area contributed by atoms with Crippen LogP contribution in [0.4, 0.5) is 0 Å². The van der Waals surface area contributed by atoms with Gasteiger partial charge in [-0.05, 0) is 36.1 Å². The molecule has 1 aliphatic carbocycles. The van der Waals surface area contributed by atoms with E-state index in [1.54, 1.807) is 0 Å². The second-order valence-corrected chi connectivity index (χ2v) is 5.96. The average Bonchev–Trinajstić information content (AvgIpc) is 2.93. The number of hydrogen-bond acceptors (Lipinski definition) is 3. The van der Waals surface area contributed by atoms with E-state index in [9.17, 15) is 14.9 Å². The van der Waals surface area contributed by atoms with E-state index in [0.717, 1.165) is 17.2 Å². The third-order valence-corrected chi connectivity index (χ3v) is 4.61. The van der Waals surface area contributed by atoms with Gasteiger partial charge in [-0.1, -0.05) is 36.4 Å². The summed E-state index contributed by atoms with van der Waals surface area (Å²) in [4.78, 5) is 24.3. The summed E-state index contributed by atoms with van der Waals surface area (Å²) in [6.45, 7) is 0. The molecule has 0 aliphatic heterocycles. The molecule has 0 spiro atoms. The molecule has 1 saturated carbocycles. The molecule has 0 heterocycles. The second-order valence-electron chi connectivity index (χ2n) is 5.96. The van der Waals surface area contributed by atoms with Crippen LogP contribution in [-0.4, -0.2) is 11.6 Å². The largest absolute Gasteiger partial charge is 0.298 e. The first-order chi connectivity index (χ1) is 10.6. The lowest BCUT2D eigenvalue weighted by molar-refractivity contribution is -0.123. The molecule has 0 N–H and O–H groups in total. The summed E-state index contributed by atoms with van der Waals surface area (Å²) in [6.07, 6.45) is 2.41. The van der Waals surface area contributed by atoms with E-state index >= 15 is 0 Å². The van der Waals surface area contributed by atoms with Gasteiger partial charge in [-0.25, -0.2) is 0 Å². The minimum Gasteiger partial charge on any atom is -0.298 e. The molecule has 3 rings (SSSR count). The van der Waals surface area contributed by atoms with Crippen molar-refractivity contribution in [1.29, 1.82) is 5.26 Å². The van der Waals surface area contributed by atoms with Crippen molar-refractivity contribution in [3.63, 3.8) is 0 Å². The Balaban J connectivity index is 1.76. The van der Waals surface area contributed by atoms with E-state index < -0.39 is 5.41 Å². The second kappa shape index (κ2) is 5.73. The van der Waals surface area contributed by atoms with E-state index in [2.05, 4.69) is 6.07 Å². The number of nitriles is 1. The number of ketones is 2. The van der Waals surface area contributed by atoms with Crippen molar-refractivity contribution in [1.82, 2.24) is 0 Å². The zero-order valence-electron chi connectivity index (χ0n) is 12.3. The Morgan fingerprint density at radius 2 is 1.95 bits per heavy atom. The summed E-state index contributed by atoms with van der Waals surface area (Å²) >= 11 is 0. The molecule has 110 valence electrons. The maximum absolute atomic E-state index is 12.4. The van der Waals surface area contributed by atoms with Gasteiger partial charge in [0.05, 0.1) is 6.07 Å². The van der Waals surface area contributed by atoms with Crippen molar-refractivity contribution in [2.45, 2.75) is 32.1 Å². The molecule has 0 bridgehead atoms. The first-order valence-corrected chi connectivity index (χ1v) is 7.61. The lowest BCUT2D eigenvalue weighted by Crippen LogP contribution is -2.24. The van der Waals surface area contributed by atoms with Crippen LogP contribution in [0.5, 0.6) is 0 Å². The van der Waals surface area contributed by atoms with Crippen LogP contribution in [0.2, 0.25) is 0 Å². The summed E-state index contributed by atoms with van der Waals surface area (Å²) in [5.74, 6) is 0.00129. The first-order valence-electron chi connectivity index (χ1n) is 7.61. The van der Waals surface area contributed by atoms with Crippen LogP contribution in [0.15, 0.2) is 42.5 Å². The van der Waals surface area contributed by atoms with Gasteiger partial charge >= 0.3 is 0 Å². The molecule has 0 amide bonds. The maximum Gasteiger partial charge on any atom is 0.162 e. The van der Waals surface area contributed by atoms with Crippen LogP contribution >= 0.6 is 0 Å². The SMILES string of the molecule is N#C[C@]1(CCC(=O)c2ccc3ccccc3c2)CCCC1=O. The Morgan fingerprint density at radius 1 is 1.18 bits per heavy atom. The number of carbonyl (C=O) groups excluding carboxylic acids is 2. The monoisotopic (exact) mass is 291 g/mol. The predicted molar refractivity (Wildman–Crippen MR) is 84.4 cm³/mol. The van der Waals surface area contributed by atoms with E-state index in [1.807, 2.05) is 42.5 Å². The fraction of sp³-hybridized carbons (Fsp3) is 0.316. The van der Waals surface area contributed by atoms with Gasteiger partial charge in [0, 0.05) is 18.4 Å². The zero-order valence-corrected chi connectivity index (χ0v) is 12.3. The van der Waals surface area contributed by atoms with E-state index in [1.165, 1.54) is 0 Å². The molecule has 2 aromatic rings. The number of rotatable bonds is 4. The van der Waals surface area contributed by atoms with Gasteiger partial charge in [0.25, 0.3) is 0 Å². The molecular formula is C19H17NO2. The fourth-order valence-electron chi connectivity index (χ4n) is 3.20. The van der Waals surface area contributed by atoms with Gasteiger partial charge in [0.2, 0.25) is 0 Å². The highest BCUT2D eigenvalue weighted by Gasteiger charge is 2.42. The highest BCUT2D eigenvalue weighted by atomic mass is 16.1. The van der Waals surface area contributed by atoms with Gasteiger partial charge in [-0.3, -0.25) is 9.59 Å². The lowest BCUT2D eigenvalue weighted by atomic mass is 9.81. The van der Waals surface area contributed by atoms with Crippen LogP contribution in [0.1, 0.15) is 42.5 Å². The normalized spacial score (nSPS) is 21.0. The number of nitrogens with zero attached hydrogens (tertiary/aromatic N) is 1. The summed E-state index contributed by atoms with van der Waals surface area (Å²) in [6, 6.07) is 15.7. The van der Waals surface area contributed by atoms with Crippen LogP contribution in [-0.2, 0) is 4.79 Å². The van der Waals surface area contributed by atoms with E-state index in [-0.39, 0.29) is 18.0 Å². The van der Waals surface area contributed by atoms with Gasteiger partial charge in [-0.2, -0.15) is 5.26 Å². The van der Waals surface area contributed by atoms with E-state index in [4.69, 9.17) is 0 Å². The molecule has 0 unspecified atom stereocenters. The van der Waals surface area contributed by atoms with Crippen molar-refractivity contribution in [2.75, 3.05) is 0 Å². The molecule has 1 aliphatic rings. The highest BCUT2D eigenvalue weighted by molar-refractivity contribution is 6.00. The Bertz CT molecular complexity index is 787. The molecule has 22 heavy (non-hydrogen) atoms. The van der Waals surface area contributed by atoms with E-state index in [0.29, 0.717) is 24.8 Å². The summed E-state index contributed by atoms with van der Waals surface area (Å²) in [5.41, 5.74) is -0.274. The number of benzene rings is 2. The van der Waals surface area contributed by atoms with Crippen molar-refractivity contribution in [3.8, 4) is 6.07 Å². The maximum atomic E-state index is 12.4. The topological polar surface area (TPSA) is 57.9 Å². The van der Waals surface area contributed by atoms with Crippen LogP contribution < -0.4 is 0 Å². The number of hydrogen-bond donors (Lipinski definition) is 0. The number of Topliss-reactive ketones (excluding diaryl/α,β-unsaturated/α-hetero) is 2. The Labute approximate surface area is 129 Å². The van der Waals surface area contributed by atoms with Gasteiger partial charge in [0.1, 0.15) is 5.41 Å². The molecule has 1 atom stereocenters. The zero-order chi connectivity index (χ0) is 15.6. The number of carbonyl (C=O) groups is 2. The summed E-state index contributed by atoms with van der Waals surface area (Å²) in [5, 5.41) is 11.5. The molecular weight excluding hydrogens is 274 g/mol. The molecule has 0 radical (unpaired) electrons. The Hall–Kier alpha value is -2.47. The minimum absolute atomic E-state index is 0.0000723. The van der Waals surface area contributed by atoms with Crippen LogP contribution in [0, 0.1) is 16.7 Å². The highest BCUT2D eigenvalue weighted by Crippen LogP contribution is 2.38. The molecule has 3 heteroatoms. The van der Waals surface area contributed by atoms with Gasteiger partial charge in [-0.15, -0.1) is 0 Å². The van der Waals surface area contributed by atoms with Crippen LogP contribution in [0.3, 0.4) is 0 Å². The molecule has 0 saturated heterocycles. The van der Waals surface area contributed by atoms with Crippen molar-refractivity contribution in [3.05, 3.63) is 48.0 Å². The third kappa shape index (κ3) is 2.53. The smallest absolute Gasteiger partial charge is 0.162 e. The summed E-state index contributed by atoms with van der Waals surface area (Å²) in [7, 11) is 0. The predicted octanol–water partition coefficient (Wildman–Crippen LogP) is 4.07. The van der Waals surface area contributed by atoms with Gasteiger partial charge in [0.15, 0.2) is 11.6 Å². The van der Waals surface area contributed by atoms with Crippen molar-refractivity contribution >= 4 is 22.3 Å². The van der Waals surface area contributed by atoms with Crippen molar-refractivity contribution < 1.29 is 9.59 Å². The quantitative estimate of drug-likeness (QED) is 0.798. The third-order valence-electron chi connectivity index (χ3n) is 4.61. The standard InChI is InChI=1S/C19H17NO2/c20-13-19(10-3-6-18(19)22)11-9-17(21)16-8-7-14-4-1-2-5-15(14)12-16/h1-2,4-5,7-8,12H,3,6,9-11H2/t19-/m1/s1. The first kappa shape index (κ1) is 14.5. The average molecular weight is 291 g/mol. The Kier molecular flexibility index (Phi) is 3.77. The minimum atomic E-state index is -0.924. The fourth-order valence-corrected chi connectivity index (χ4v) is 3.20. The molecule has 0 aromatic heterocycles. The Morgan fingerprint density at radius 3 is 2.64 bits per heavy atom. The lowest BCUT2D eigenvalue weighted by Gasteiger charge is -2.17. The van der Waals surface area contributed by atoms with Gasteiger partial charge < -0.3 is 0 Å². The summed E-state index contributed by atoms with van der Waals surface area (Å²) < 4.78 is 0.